The van der Waals surface area contributed by atoms with Crippen molar-refractivity contribution >= 4 is 44.8 Å². The second-order valence-electron chi connectivity index (χ2n) is 4.48. The van der Waals surface area contributed by atoms with Crippen LogP contribution in [0.15, 0.2) is 22.7 Å². The maximum Gasteiger partial charge on any atom is 0.310 e. The molecule has 1 heterocycles. The summed E-state index contributed by atoms with van der Waals surface area (Å²) in [5, 5.41) is 0. The molecule has 0 saturated carbocycles. The van der Waals surface area contributed by atoms with Crippen molar-refractivity contribution in [1.82, 2.24) is 0 Å². The standard InChI is InChI=1S/C13H15BrN2O2S/c1-18-13(17)8-4-5-16(7-8)11-3-2-9(14)6-10(11)12(15)19/h2-3,6,8H,4-5,7H2,1H3,(H2,15,19). The van der Waals surface area contributed by atoms with Gasteiger partial charge in [-0.15, -0.1) is 0 Å². The zero-order chi connectivity index (χ0) is 14.0. The SMILES string of the molecule is COC(=O)C1CCN(c2ccc(Br)cc2C(N)=S)C1. The third-order valence-electron chi connectivity index (χ3n) is 3.29. The number of ether oxygens (including phenoxy) is 1. The first kappa shape index (κ1) is 14.3. The van der Waals surface area contributed by atoms with Gasteiger partial charge >= 0.3 is 5.97 Å². The number of rotatable bonds is 3. The van der Waals surface area contributed by atoms with Crippen LogP contribution in [0.2, 0.25) is 0 Å². The first-order chi connectivity index (χ1) is 9.02. The van der Waals surface area contributed by atoms with Gasteiger partial charge in [0.05, 0.1) is 13.0 Å². The van der Waals surface area contributed by atoms with E-state index in [4.69, 9.17) is 22.7 Å². The number of thiocarbonyl (C=S) groups is 1. The van der Waals surface area contributed by atoms with E-state index < -0.39 is 0 Å². The van der Waals surface area contributed by atoms with Gasteiger partial charge in [0.1, 0.15) is 4.99 Å². The Labute approximate surface area is 126 Å². The van der Waals surface area contributed by atoms with Crippen LogP contribution in [0, 0.1) is 5.92 Å². The summed E-state index contributed by atoms with van der Waals surface area (Å²) in [6.45, 7) is 1.45. The van der Waals surface area contributed by atoms with Crippen molar-refractivity contribution in [3.05, 3.63) is 28.2 Å². The van der Waals surface area contributed by atoms with Crippen LogP contribution in [-0.4, -0.2) is 31.2 Å². The number of anilines is 1. The van der Waals surface area contributed by atoms with Gasteiger partial charge in [-0.3, -0.25) is 4.79 Å². The van der Waals surface area contributed by atoms with Gasteiger partial charge in [0.15, 0.2) is 0 Å². The van der Waals surface area contributed by atoms with Gasteiger partial charge in [-0.25, -0.2) is 0 Å². The molecule has 4 nitrogen and oxygen atoms in total. The van der Waals surface area contributed by atoms with Gasteiger partial charge in [0.25, 0.3) is 0 Å². The third kappa shape index (κ3) is 3.06. The normalized spacial score (nSPS) is 18.4. The highest BCUT2D eigenvalue weighted by Crippen LogP contribution is 2.29. The highest BCUT2D eigenvalue weighted by Gasteiger charge is 2.30. The van der Waals surface area contributed by atoms with Crippen molar-refractivity contribution in [3.8, 4) is 0 Å². The molecule has 1 aromatic carbocycles. The highest BCUT2D eigenvalue weighted by atomic mass is 79.9. The van der Waals surface area contributed by atoms with Crippen LogP contribution < -0.4 is 10.6 Å². The van der Waals surface area contributed by atoms with Gasteiger partial charge in [-0.1, -0.05) is 28.1 Å². The number of carbonyl (C=O) groups excluding carboxylic acids is 1. The number of hydrogen-bond donors (Lipinski definition) is 1. The fourth-order valence-electron chi connectivity index (χ4n) is 2.32. The summed E-state index contributed by atoms with van der Waals surface area (Å²) in [6, 6.07) is 5.82. The number of halogens is 1. The van der Waals surface area contributed by atoms with E-state index in [9.17, 15) is 4.79 Å². The van der Waals surface area contributed by atoms with Crippen LogP contribution in [-0.2, 0) is 9.53 Å². The number of carbonyl (C=O) groups is 1. The molecule has 6 heteroatoms. The Morgan fingerprint density at radius 3 is 2.95 bits per heavy atom. The molecule has 1 aliphatic rings. The van der Waals surface area contributed by atoms with E-state index in [1.54, 1.807) is 0 Å². The fraction of sp³-hybridized carbons (Fsp3) is 0.385. The molecule has 0 aromatic heterocycles. The maximum absolute atomic E-state index is 11.6. The van der Waals surface area contributed by atoms with Crippen LogP contribution in [0.1, 0.15) is 12.0 Å². The Morgan fingerprint density at radius 1 is 1.58 bits per heavy atom. The summed E-state index contributed by atoms with van der Waals surface area (Å²) < 4.78 is 5.72. The van der Waals surface area contributed by atoms with Gasteiger partial charge in [-0.05, 0) is 24.6 Å². The number of hydrogen-bond acceptors (Lipinski definition) is 4. The Kier molecular flexibility index (Phi) is 4.42. The van der Waals surface area contributed by atoms with Crippen molar-refractivity contribution in [1.29, 1.82) is 0 Å². The average molecular weight is 343 g/mol. The Hall–Kier alpha value is -1.14. The molecule has 0 radical (unpaired) electrons. The summed E-state index contributed by atoms with van der Waals surface area (Å²) in [7, 11) is 1.42. The summed E-state index contributed by atoms with van der Waals surface area (Å²) >= 11 is 8.50. The molecule has 2 rings (SSSR count). The molecular weight excluding hydrogens is 328 g/mol. The molecule has 1 fully saturated rings. The minimum Gasteiger partial charge on any atom is -0.469 e. The van der Waals surface area contributed by atoms with Crippen LogP contribution in [0.25, 0.3) is 0 Å². The number of benzene rings is 1. The van der Waals surface area contributed by atoms with E-state index in [2.05, 4.69) is 20.8 Å². The molecule has 1 atom stereocenters. The van der Waals surface area contributed by atoms with Crippen molar-refractivity contribution in [2.45, 2.75) is 6.42 Å². The predicted octanol–water partition coefficient (Wildman–Crippen LogP) is 2.08. The second-order valence-corrected chi connectivity index (χ2v) is 5.84. The minimum atomic E-state index is -0.156. The molecule has 1 saturated heterocycles. The van der Waals surface area contributed by atoms with E-state index in [0.717, 1.165) is 28.7 Å². The van der Waals surface area contributed by atoms with Crippen molar-refractivity contribution in [3.63, 3.8) is 0 Å². The lowest BCUT2D eigenvalue weighted by Gasteiger charge is -2.21. The molecule has 19 heavy (non-hydrogen) atoms. The van der Waals surface area contributed by atoms with E-state index in [1.165, 1.54) is 7.11 Å². The van der Waals surface area contributed by atoms with Crippen molar-refractivity contribution in [2.75, 3.05) is 25.1 Å². The van der Waals surface area contributed by atoms with Crippen molar-refractivity contribution in [2.24, 2.45) is 11.7 Å². The second kappa shape index (κ2) is 5.88. The molecular formula is C13H15BrN2O2S. The maximum atomic E-state index is 11.6. The molecule has 0 amide bonds. The molecule has 0 spiro atoms. The first-order valence-electron chi connectivity index (χ1n) is 5.95. The summed E-state index contributed by atoms with van der Waals surface area (Å²) in [6.07, 6.45) is 0.791. The van der Waals surface area contributed by atoms with E-state index in [-0.39, 0.29) is 11.9 Å². The van der Waals surface area contributed by atoms with E-state index >= 15 is 0 Å². The zero-order valence-corrected chi connectivity index (χ0v) is 13.0. The zero-order valence-electron chi connectivity index (χ0n) is 10.6. The Bertz CT molecular complexity index is 521. The number of methoxy groups -OCH3 is 1. The van der Waals surface area contributed by atoms with Gasteiger partial charge in [0, 0.05) is 28.8 Å². The summed E-state index contributed by atoms with van der Waals surface area (Å²) in [5.74, 6) is -0.232. The first-order valence-corrected chi connectivity index (χ1v) is 7.15. The molecule has 102 valence electrons. The molecule has 0 aliphatic carbocycles. The van der Waals surface area contributed by atoms with Gasteiger partial charge in [0.2, 0.25) is 0 Å². The minimum absolute atomic E-state index is 0.0761. The average Bonchev–Trinajstić information content (AvgIpc) is 2.87. The third-order valence-corrected chi connectivity index (χ3v) is 4.00. The topological polar surface area (TPSA) is 55.6 Å². The Balaban J connectivity index is 2.24. The molecule has 1 aromatic rings. The van der Waals surface area contributed by atoms with E-state index in [0.29, 0.717) is 11.5 Å². The van der Waals surface area contributed by atoms with Gasteiger partial charge in [-0.2, -0.15) is 0 Å². The highest BCUT2D eigenvalue weighted by molar-refractivity contribution is 9.10. The largest absolute Gasteiger partial charge is 0.469 e. The summed E-state index contributed by atoms with van der Waals surface area (Å²) in [5.41, 5.74) is 7.57. The molecule has 1 aliphatic heterocycles. The van der Waals surface area contributed by atoms with Crippen LogP contribution in [0.4, 0.5) is 5.69 Å². The lowest BCUT2D eigenvalue weighted by molar-refractivity contribution is -0.144. The van der Waals surface area contributed by atoms with Crippen molar-refractivity contribution < 1.29 is 9.53 Å². The van der Waals surface area contributed by atoms with Crippen LogP contribution >= 0.6 is 28.1 Å². The molecule has 0 bridgehead atoms. The quantitative estimate of drug-likeness (QED) is 0.673. The van der Waals surface area contributed by atoms with Gasteiger partial charge < -0.3 is 15.4 Å². The number of nitrogens with two attached hydrogens (primary N) is 1. The molecule has 2 N–H and O–H groups in total. The number of nitrogens with zero attached hydrogens (tertiary/aromatic N) is 1. The smallest absolute Gasteiger partial charge is 0.310 e. The predicted molar refractivity (Wildman–Crippen MR) is 82.4 cm³/mol. The number of esters is 1. The fourth-order valence-corrected chi connectivity index (χ4v) is 2.84. The summed E-state index contributed by atoms with van der Waals surface area (Å²) in [4.78, 5) is 14.0. The lowest BCUT2D eigenvalue weighted by Crippen LogP contribution is -2.26. The van der Waals surface area contributed by atoms with Crippen LogP contribution in [0.5, 0.6) is 0 Å². The monoisotopic (exact) mass is 342 g/mol. The molecule has 1 unspecified atom stereocenters. The van der Waals surface area contributed by atoms with Crippen LogP contribution in [0.3, 0.4) is 0 Å². The Morgan fingerprint density at radius 2 is 2.32 bits per heavy atom. The lowest BCUT2D eigenvalue weighted by atomic mass is 10.1. The van der Waals surface area contributed by atoms with E-state index in [1.807, 2.05) is 18.2 Å².